The Morgan fingerprint density at radius 3 is 2.72 bits per heavy atom. The predicted molar refractivity (Wildman–Crippen MR) is 110 cm³/mol. The molecule has 0 saturated carbocycles. The third kappa shape index (κ3) is 4.61. The lowest BCUT2D eigenvalue weighted by atomic mass is 10.1. The van der Waals surface area contributed by atoms with Crippen molar-refractivity contribution in [3.8, 4) is 0 Å². The molecule has 0 spiro atoms. The number of imidazole rings is 1. The lowest BCUT2D eigenvalue weighted by Crippen LogP contribution is -2.14. The summed E-state index contributed by atoms with van der Waals surface area (Å²) in [7, 11) is 0. The lowest BCUT2D eigenvalue weighted by molar-refractivity contribution is -0.144. The molecule has 3 aromatic heterocycles. The van der Waals surface area contributed by atoms with Gasteiger partial charge in [-0.3, -0.25) is 4.79 Å². The monoisotopic (exact) mass is 443 g/mol. The Kier molecular flexibility index (Phi) is 5.64. The molecule has 1 amide bonds. The van der Waals surface area contributed by atoms with Gasteiger partial charge in [-0.2, -0.15) is 18.2 Å². The zero-order valence-corrected chi connectivity index (χ0v) is 17.4. The molecule has 0 saturated heterocycles. The summed E-state index contributed by atoms with van der Waals surface area (Å²) in [4.78, 5) is 24.1. The number of aromatic nitrogens is 6. The number of aryl methyl sites for hydroxylation is 2. The number of nitrogens with one attached hydrogen (secondary N) is 1. The standard InChI is InChI=1S/C21H20F3N7O/c1-13-17(14(2)31-20(26-13)28-19(29-31)21(22,23)24)6-7-18(32)27-16-5-3-4-15(10-16)11-30-9-8-25-12-30/h3-5,8-10,12H,6-7,11H2,1-2H3,(H,27,32). The van der Waals surface area contributed by atoms with Gasteiger partial charge >= 0.3 is 6.18 Å². The highest BCUT2D eigenvalue weighted by Crippen LogP contribution is 2.27. The van der Waals surface area contributed by atoms with Crippen LogP contribution in [-0.2, 0) is 23.9 Å². The van der Waals surface area contributed by atoms with Gasteiger partial charge in [-0.25, -0.2) is 14.5 Å². The van der Waals surface area contributed by atoms with E-state index in [0.29, 0.717) is 35.6 Å². The minimum atomic E-state index is -4.65. The molecule has 4 rings (SSSR count). The highest BCUT2D eigenvalue weighted by Gasteiger charge is 2.36. The first-order chi connectivity index (χ1) is 15.2. The third-order valence-corrected chi connectivity index (χ3v) is 5.04. The number of alkyl halides is 3. The van der Waals surface area contributed by atoms with Crippen molar-refractivity contribution in [2.75, 3.05) is 5.32 Å². The summed E-state index contributed by atoms with van der Waals surface area (Å²) < 4.78 is 41.8. The fourth-order valence-electron chi connectivity index (χ4n) is 3.49. The number of benzene rings is 1. The number of amides is 1. The third-order valence-electron chi connectivity index (χ3n) is 5.04. The molecular formula is C21H20F3N7O. The molecule has 0 aliphatic carbocycles. The van der Waals surface area contributed by atoms with Crippen LogP contribution in [0.25, 0.3) is 5.78 Å². The number of halogens is 3. The van der Waals surface area contributed by atoms with Crippen LogP contribution in [0.4, 0.5) is 18.9 Å². The van der Waals surface area contributed by atoms with Gasteiger partial charge in [0.15, 0.2) is 0 Å². The number of carbonyl (C=O) groups is 1. The van der Waals surface area contributed by atoms with Crippen LogP contribution in [0.2, 0.25) is 0 Å². The van der Waals surface area contributed by atoms with Crippen LogP contribution in [0.15, 0.2) is 43.0 Å². The zero-order valence-electron chi connectivity index (χ0n) is 17.4. The Morgan fingerprint density at radius 2 is 2.00 bits per heavy atom. The number of anilines is 1. The van der Waals surface area contributed by atoms with Crippen LogP contribution in [0.5, 0.6) is 0 Å². The Hall–Kier alpha value is -3.76. The molecule has 0 bridgehead atoms. The zero-order chi connectivity index (χ0) is 22.9. The van der Waals surface area contributed by atoms with E-state index >= 15 is 0 Å². The van der Waals surface area contributed by atoms with E-state index in [-0.39, 0.29) is 18.1 Å². The molecule has 3 heterocycles. The van der Waals surface area contributed by atoms with Gasteiger partial charge in [0.05, 0.1) is 6.33 Å². The number of fused-ring (bicyclic) bond motifs is 1. The summed E-state index contributed by atoms with van der Waals surface area (Å²) in [5.41, 5.74) is 3.34. The largest absolute Gasteiger partial charge is 0.453 e. The Balaban J connectivity index is 1.45. The van der Waals surface area contributed by atoms with Crippen LogP contribution >= 0.6 is 0 Å². The van der Waals surface area contributed by atoms with Crippen molar-refractivity contribution in [1.29, 1.82) is 0 Å². The summed E-state index contributed by atoms with van der Waals surface area (Å²) in [6.45, 7) is 3.96. The predicted octanol–water partition coefficient (Wildman–Crippen LogP) is 3.58. The van der Waals surface area contributed by atoms with Crippen molar-refractivity contribution < 1.29 is 18.0 Å². The summed E-state index contributed by atoms with van der Waals surface area (Å²) in [5, 5.41) is 6.40. The second kappa shape index (κ2) is 8.40. The van der Waals surface area contributed by atoms with E-state index in [1.54, 1.807) is 32.4 Å². The van der Waals surface area contributed by atoms with Gasteiger partial charge in [0.2, 0.25) is 5.91 Å². The number of rotatable bonds is 6. The van der Waals surface area contributed by atoms with E-state index in [1.807, 2.05) is 29.0 Å². The highest BCUT2D eigenvalue weighted by molar-refractivity contribution is 5.90. The molecular weight excluding hydrogens is 423 g/mol. The Morgan fingerprint density at radius 1 is 1.19 bits per heavy atom. The van der Waals surface area contributed by atoms with E-state index < -0.39 is 12.0 Å². The van der Waals surface area contributed by atoms with Crippen molar-refractivity contribution in [3.05, 3.63) is 71.3 Å². The first-order valence-corrected chi connectivity index (χ1v) is 9.85. The van der Waals surface area contributed by atoms with E-state index in [0.717, 1.165) is 10.1 Å². The van der Waals surface area contributed by atoms with Gasteiger partial charge in [0.1, 0.15) is 0 Å². The molecule has 32 heavy (non-hydrogen) atoms. The molecule has 1 aromatic carbocycles. The number of hydrogen-bond acceptors (Lipinski definition) is 5. The topological polar surface area (TPSA) is 90.0 Å². The van der Waals surface area contributed by atoms with Crippen LogP contribution in [0, 0.1) is 13.8 Å². The van der Waals surface area contributed by atoms with Crippen LogP contribution in [0.3, 0.4) is 0 Å². The molecule has 0 atom stereocenters. The van der Waals surface area contributed by atoms with E-state index in [2.05, 4.69) is 25.4 Å². The maximum Gasteiger partial charge on any atom is 0.453 e. The average molecular weight is 443 g/mol. The molecule has 8 nitrogen and oxygen atoms in total. The SMILES string of the molecule is Cc1nc2nc(C(F)(F)F)nn2c(C)c1CCC(=O)Nc1cccc(Cn2ccnc2)c1. The summed E-state index contributed by atoms with van der Waals surface area (Å²) >= 11 is 0. The molecule has 0 aliphatic rings. The van der Waals surface area contributed by atoms with Crippen molar-refractivity contribution >= 4 is 17.4 Å². The first-order valence-electron chi connectivity index (χ1n) is 9.85. The molecule has 11 heteroatoms. The Labute approximate surface area is 181 Å². The number of nitrogens with zero attached hydrogens (tertiary/aromatic N) is 6. The highest BCUT2D eigenvalue weighted by atomic mass is 19.4. The lowest BCUT2D eigenvalue weighted by Gasteiger charge is -2.11. The molecule has 4 aromatic rings. The minimum Gasteiger partial charge on any atom is -0.333 e. The maximum absolute atomic E-state index is 12.9. The molecule has 166 valence electrons. The molecule has 0 fully saturated rings. The molecule has 1 N–H and O–H groups in total. The van der Waals surface area contributed by atoms with Crippen LogP contribution in [0.1, 0.15) is 34.8 Å². The van der Waals surface area contributed by atoms with Crippen molar-refractivity contribution in [2.24, 2.45) is 0 Å². The maximum atomic E-state index is 12.9. The molecule has 0 radical (unpaired) electrons. The van der Waals surface area contributed by atoms with Gasteiger partial charge in [-0.1, -0.05) is 12.1 Å². The van der Waals surface area contributed by atoms with Crippen molar-refractivity contribution in [3.63, 3.8) is 0 Å². The molecule has 0 aliphatic heterocycles. The van der Waals surface area contributed by atoms with Crippen molar-refractivity contribution in [2.45, 2.75) is 39.4 Å². The fraction of sp³-hybridized carbons (Fsp3) is 0.286. The van der Waals surface area contributed by atoms with Crippen molar-refractivity contribution in [1.82, 2.24) is 29.1 Å². The smallest absolute Gasteiger partial charge is 0.333 e. The number of carbonyl (C=O) groups excluding carboxylic acids is 1. The summed E-state index contributed by atoms with van der Waals surface area (Å²) in [6.07, 6.45) is 1.07. The average Bonchev–Trinajstić information content (AvgIpc) is 3.37. The van der Waals surface area contributed by atoms with E-state index in [1.165, 1.54) is 0 Å². The second-order valence-corrected chi connectivity index (χ2v) is 7.39. The van der Waals surface area contributed by atoms with Gasteiger partial charge in [-0.05, 0) is 43.5 Å². The fourth-order valence-corrected chi connectivity index (χ4v) is 3.49. The first kappa shape index (κ1) is 21.5. The summed E-state index contributed by atoms with van der Waals surface area (Å²) in [5.74, 6) is -1.56. The van der Waals surface area contributed by atoms with E-state index in [4.69, 9.17) is 0 Å². The Bertz CT molecular complexity index is 1260. The van der Waals surface area contributed by atoms with Gasteiger partial charge in [0.25, 0.3) is 11.6 Å². The quantitative estimate of drug-likeness (QED) is 0.492. The van der Waals surface area contributed by atoms with Gasteiger partial charge in [-0.15, -0.1) is 5.10 Å². The van der Waals surface area contributed by atoms with Crippen LogP contribution < -0.4 is 5.32 Å². The second-order valence-electron chi connectivity index (χ2n) is 7.39. The van der Waals surface area contributed by atoms with Crippen LogP contribution in [-0.4, -0.2) is 35.0 Å². The molecule has 0 unspecified atom stereocenters. The summed E-state index contributed by atoms with van der Waals surface area (Å²) in [6, 6.07) is 7.50. The van der Waals surface area contributed by atoms with Gasteiger partial charge < -0.3 is 9.88 Å². The normalized spacial score (nSPS) is 11.8. The van der Waals surface area contributed by atoms with E-state index in [9.17, 15) is 18.0 Å². The minimum absolute atomic E-state index is 0.116. The van der Waals surface area contributed by atoms with Gasteiger partial charge in [0, 0.05) is 42.4 Å². The number of hydrogen-bond donors (Lipinski definition) is 1.